The molecule has 0 aliphatic carbocycles. The van der Waals surface area contributed by atoms with E-state index < -0.39 is 44.2 Å². The molecular weight excluding hydrogens is 316 g/mol. The van der Waals surface area contributed by atoms with Gasteiger partial charge in [-0.05, 0) is 0 Å². The first kappa shape index (κ1) is 27.7. The Balaban J connectivity index is -0.000000158. The Morgan fingerprint density at radius 2 is 1.10 bits per heavy atom. The Morgan fingerprint density at radius 1 is 0.900 bits per heavy atom. The van der Waals surface area contributed by atoms with Crippen LogP contribution in [-0.2, 0) is 18.9 Å². The summed E-state index contributed by atoms with van der Waals surface area (Å²) in [5.41, 5.74) is -2.74. The molecule has 0 rings (SSSR count). The molecule has 0 heterocycles. The molecule has 0 aromatic heterocycles. The third-order valence-corrected chi connectivity index (χ3v) is 1.29. The van der Waals surface area contributed by atoms with Crippen molar-refractivity contribution < 1.29 is 54.1 Å². The van der Waals surface area contributed by atoms with Gasteiger partial charge in [0.1, 0.15) is 0 Å². The van der Waals surface area contributed by atoms with Crippen LogP contribution in [0.2, 0.25) is 0 Å². The number of carbonyl (C=O) groups is 3. The van der Waals surface area contributed by atoms with E-state index in [0.29, 0.717) is 0 Å². The van der Waals surface area contributed by atoms with Crippen molar-refractivity contribution in [2.24, 2.45) is 0 Å². The number of phosphoric acid groups is 1. The molecule has 0 unspecified atom stereocenters. The molecule has 0 aromatic carbocycles. The van der Waals surface area contributed by atoms with E-state index in [-0.39, 0.29) is 35.7 Å². The second kappa shape index (κ2) is 11.1. The van der Waals surface area contributed by atoms with Crippen LogP contribution < -0.4 is 6.15 Å². The first-order chi connectivity index (χ1) is 7.78. The minimum absolute atomic E-state index is 0. The minimum atomic E-state index is -4.64. The Labute approximate surface area is 134 Å². The summed E-state index contributed by atoms with van der Waals surface area (Å²) in [6.45, 7) is 0. The van der Waals surface area contributed by atoms with Crippen LogP contribution in [-0.4, -0.2) is 88.2 Å². The number of hydrogen-bond donors (Lipinski definition) is 8. The van der Waals surface area contributed by atoms with Crippen molar-refractivity contribution in [3.63, 3.8) is 0 Å². The van der Waals surface area contributed by atoms with Crippen LogP contribution in [0.15, 0.2) is 0 Å². The summed E-state index contributed by atoms with van der Waals surface area (Å²) in [5.74, 6) is -5.02. The fourth-order valence-electron chi connectivity index (χ4n) is 0.714. The quantitative estimate of drug-likeness (QED) is 0.190. The van der Waals surface area contributed by atoms with Gasteiger partial charge in [-0.3, -0.25) is 9.59 Å². The van der Waals surface area contributed by atoms with Crippen molar-refractivity contribution in [3.8, 4) is 0 Å². The van der Waals surface area contributed by atoms with Gasteiger partial charge in [-0.1, -0.05) is 0 Å². The average molecular weight is 331 g/mol. The van der Waals surface area contributed by atoms with Gasteiger partial charge in [-0.2, -0.15) is 0 Å². The molecule has 0 aromatic rings. The van der Waals surface area contributed by atoms with Gasteiger partial charge in [0.25, 0.3) is 0 Å². The van der Waals surface area contributed by atoms with Crippen LogP contribution in [0.3, 0.4) is 0 Å². The molecule has 14 heteroatoms. The van der Waals surface area contributed by atoms with Crippen molar-refractivity contribution in [2.75, 3.05) is 0 Å². The molecule has 10 N–H and O–H groups in total. The summed E-state index contributed by atoms with van der Waals surface area (Å²) in [4.78, 5) is 52.0. The average Bonchev–Trinajstić information content (AvgIpc) is 1.95. The summed E-state index contributed by atoms with van der Waals surface area (Å²) < 4.78 is 8.88. The zero-order chi connectivity index (χ0) is 15.1. The first-order valence-electron chi connectivity index (χ1n) is 3.95. The van der Waals surface area contributed by atoms with E-state index in [2.05, 4.69) is 0 Å². The summed E-state index contributed by atoms with van der Waals surface area (Å²) in [7, 11) is -4.64. The fraction of sp³-hybridized carbons (Fsp3) is 0.500. The number of aliphatic carboxylic acids is 3. The molecule has 0 saturated carbocycles. The van der Waals surface area contributed by atoms with E-state index >= 15 is 0 Å². The third kappa shape index (κ3) is 19.8. The predicted octanol–water partition coefficient (Wildman–Crippen LogP) is -2.66. The van der Waals surface area contributed by atoms with Gasteiger partial charge >= 0.3 is 55.3 Å². The van der Waals surface area contributed by atoms with E-state index in [1.54, 1.807) is 0 Å². The standard InChI is InChI=1S/C6H8O7.H3N.Na.H3O4P.H/c7-3(8)1-6(13,5(11)12)2-4(9)10;;;1-5(2,3)4;/h13H,1-2H2,(H,7,8)(H,9,10)(H,11,12);1H3;;(H3,1,2,3,4);. The molecule has 0 atom stereocenters. The van der Waals surface area contributed by atoms with Crippen molar-refractivity contribution in [1.29, 1.82) is 0 Å². The van der Waals surface area contributed by atoms with Crippen molar-refractivity contribution in [2.45, 2.75) is 18.4 Å². The van der Waals surface area contributed by atoms with E-state index in [0.717, 1.165) is 0 Å². The maximum atomic E-state index is 10.3. The van der Waals surface area contributed by atoms with Crippen LogP contribution >= 0.6 is 7.82 Å². The molecular formula is C6H15NNaO11P. The summed E-state index contributed by atoms with van der Waals surface area (Å²) in [5, 5.41) is 33.8. The molecule has 20 heavy (non-hydrogen) atoms. The molecule has 0 spiro atoms. The van der Waals surface area contributed by atoms with E-state index in [9.17, 15) is 14.4 Å². The van der Waals surface area contributed by atoms with Crippen LogP contribution in [0.5, 0.6) is 0 Å². The summed E-state index contributed by atoms with van der Waals surface area (Å²) in [6.07, 6.45) is -2.29. The second-order valence-corrected chi connectivity index (χ2v) is 4.02. The number of rotatable bonds is 5. The molecule has 0 amide bonds. The Bertz CT molecular complexity index is 355. The third-order valence-electron chi connectivity index (χ3n) is 1.29. The van der Waals surface area contributed by atoms with Crippen molar-refractivity contribution in [3.05, 3.63) is 0 Å². The molecule has 116 valence electrons. The molecule has 0 aliphatic rings. The van der Waals surface area contributed by atoms with Crippen molar-refractivity contribution in [1.82, 2.24) is 6.15 Å². The normalized spacial score (nSPS) is 10.0. The molecule has 0 bridgehead atoms. The fourth-order valence-corrected chi connectivity index (χ4v) is 0.714. The Hall–Kier alpha value is -0.560. The van der Waals surface area contributed by atoms with Crippen LogP contribution in [0.25, 0.3) is 0 Å². The van der Waals surface area contributed by atoms with E-state index in [1.807, 2.05) is 0 Å². The van der Waals surface area contributed by atoms with Gasteiger partial charge in [0, 0.05) is 0 Å². The molecule has 0 saturated heterocycles. The van der Waals surface area contributed by atoms with Gasteiger partial charge in [0.05, 0.1) is 12.8 Å². The zero-order valence-electron chi connectivity index (χ0n) is 9.33. The van der Waals surface area contributed by atoms with Crippen LogP contribution in [0.4, 0.5) is 0 Å². The Kier molecular flexibility index (Phi) is 15.4. The maximum absolute atomic E-state index is 10.3. The molecule has 0 aliphatic heterocycles. The molecule has 0 radical (unpaired) electrons. The molecule has 12 nitrogen and oxygen atoms in total. The first-order valence-corrected chi connectivity index (χ1v) is 5.52. The summed E-state index contributed by atoms with van der Waals surface area (Å²) in [6, 6.07) is 0. The van der Waals surface area contributed by atoms with Crippen molar-refractivity contribution >= 4 is 55.3 Å². The van der Waals surface area contributed by atoms with E-state index in [1.165, 1.54) is 0 Å². The van der Waals surface area contributed by atoms with Gasteiger partial charge in [0.15, 0.2) is 5.60 Å². The molecule has 0 fully saturated rings. The number of hydrogen-bond acceptors (Lipinski definition) is 6. The van der Waals surface area contributed by atoms with Crippen LogP contribution in [0, 0.1) is 0 Å². The number of carboxylic acid groups (broad SMARTS) is 3. The van der Waals surface area contributed by atoms with Gasteiger partial charge < -0.3 is 41.3 Å². The topological polar surface area (TPSA) is 245 Å². The monoisotopic (exact) mass is 331 g/mol. The number of aliphatic hydroxyl groups is 1. The second-order valence-electron chi connectivity index (χ2n) is 2.99. The number of carboxylic acids is 3. The van der Waals surface area contributed by atoms with E-state index in [4.69, 9.17) is 39.7 Å². The SMILES string of the molecule is N.O=C(O)CC(O)(CC(=O)O)C(=O)O.O=P(O)(O)O.[NaH]. The Morgan fingerprint density at radius 3 is 1.20 bits per heavy atom. The van der Waals surface area contributed by atoms with Gasteiger partial charge in [-0.25, -0.2) is 9.36 Å². The zero-order valence-corrected chi connectivity index (χ0v) is 10.2. The predicted molar refractivity (Wildman–Crippen MR) is 63.5 cm³/mol. The van der Waals surface area contributed by atoms with Gasteiger partial charge in [0.2, 0.25) is 0 Å². The van der Waals surface area contributed by atoms with Gasteiger partial charge in [-0.15, -0.1) is 0 Å². The van der Waals surface area contributed by atoms with Crippen LogP contribution in [0.1, 0.15) is 12.8 Å². The summed E-state index contributed by atoms with van der Waals surface area (Å²) >= 11 is 0.